The van der Waals surface area contributed by atoms with Crippen LogP contribution in [0.15, 0.2) is 23.9 Å². The molecule has 1 saturated heterocycles. The summed E-state index contributed by atoms with van der Waals surface area (Å²) < 4.78 is 5.63. The van der Waals surface area contributed by atoms with Crippen molar-refractivity contribution in [3.8, 4) is 5.75 Å². The molecule has 1 atom stereocenters. The number of aromatic amines is 1. The number of urea groups is 1. The van der Waals surface area contributed by atoms with Gasteiger partial charge >= 0.3 is 6.03 Å². The largest absolute Gasteiger partial charge is 0.496 e. The molecule has 0 radical (unpaired) electrons. The van der Waals surface area contributed by atoms with Gasteiger partial charge in [0.05, 0.1) is 18.4 Å². The molecule has 1 aromatic carbocycles. The van der Waals surface area contributed by atoms with Crippen LogP contribution in [0.25, 0.3) is 5.57 Å². The van der Waals surface area contributed by atoms with Gasteiger partial charge in [0.25, 0.3) is 5.91 Å². The highest BCUT2D eigenvalue weighted by atomic mass is 16.5. The number of ether oxygens (including phenoxy) is 1. The van der Waals surface area contributed by atoms with E-state index in [9.17, 15) is 19.2 Å². The van der Waals surface area contributed by atoms with Crippen molar-refractivity contribution in [1.29, 1.82) is 0 Å². The van der Waals surface area contributed by atoms with Crippen LogP contribution in [0.1, 0.15) is 63.9 Å². The van der Waals surface area contributed by atoms with Gasteiger partial charge in [0, 0.05) is 50.0 Å². The van der Waals surface area contributed by atoms with E-state index >= 15 is 0 Å². The van der Waals surface area contributed by atoms with E-state index in [-0.39, 0.29) is 40.0 Å². The number of carbonyl (C=O) groups is 4. The number of amides is 3. The zero-order valence-corrected chi connectivity index (χ0v) is 23.0. The molecule has 1 fully saturated rings. The average Bonchev–Trinajstić information content (AvgIpc) is 3.36. The number of allylic oxidation sites excluding steroid dienone is 1. The zero-order chi connectivity index (χ0) is 27.7. The third-order valence-corrected chi connectivity index (χ3v) is 7.95. The highest BCUT2D eigenvalue weighted by Gasteiger charge is 2.63. The number of ketones is 2. The van der Waals surface area contributed by atoms with Gasteiger partial charge < -0.3 is 19.9 Å². The predicted octanol–water partition coefficient (Wildman–Crippen LogP) is 3.16. The minimum absolute atomic E-state index is 0.0404. The second kappa shape index (κ2) is 8.66. The van der Waals surface area contributed by atoms with Crippen LogP contribution in [-0.2, 0) is 17.6 Å². The Morgan fingerprint density at radius 1 is 1.08 bits per heavy atom. The van der Waals surface area contributed by atoms with Gasteiger partial charge in [-0.25, -0.2) is 4.79 Å². The van der Waals surface area contributed by atoms with Crippen molar-refractivity contribution in [2.45, 2.75) is 46.1 Å². The molecule has 0 saturated carbocycles. The third kappa shape index (κ3) is 3.48. The summed E-state index contributed by atoms with van der Waals surface area (Å²) in [5.74, 6) is -0.774. The molecule has 38 heavy (non-hydrogen) atoms. The van der Waals surface area contributed by atoms with Crippen LogP contribution in [0.5, 0.6) is 5.75 Å². The van der Waals surface area contributed by atoms with E-state index in [2.05, 4.69) is 31.1 Å². The first-order valence-electron chi connectivity index (χ1n) is 12.8. The topological polar surface area (TPSA) is 112 Å². The number of hydrogen-bond donors (Lipinski definition) is 2. The Balaban J connectivity index is 1.70. The number of likely N-dealkylation sites (N-methyl/N-ethyl adjacent to an activating group) is 2. The van der Waals surface area contributed by atoms with Gasteiger partial charge in [-0.15, -0.1) is 0 Å². The Morgan fingerprint density at radius 3 is 2.39 bits per heavy atom. The number of carbonyl (C=O) groups excluding carboxylic acids is 4. The molecule has 1 spiro atoms. The van der Waals surface area contributed by atoms with Crippen molar-refractivity contribution in [3.05, 3.63) is 57.4 Å². The summed E-state index contributed by atoms with van der Waals surface area (Å²) in [6, 6.07) is 3.10. The van der Waals surface area contributed by atoms with Crippen LogP contribution < -0.4 is 10.1 Å². The first-order chi connectivity index (χ1) is 17.8. The van der Waals surface area contributed by atoms with Gasteiger partial charge in [0.1, 0.15) is 5.75 Å². The minimum atomic E-state index is -1.64. The summed E-state index contributed by atoms with van der Waals surface area (Å²) in [4.78, 5) is 60.9. The van der Waals surface area contributed by atoms with Crippen molar-refractivity contribution in [1.82, 2.24) is 20.1 Å². The van der Waals surface area contributed by atoms with Crippen LogP contribution >= 0.6 is 0 Å². The summed E-state index contributed by atoms with van der Waals surface area (Å²) in [5, 5.41) is 3.41. The Morgan fingerprint density at radius 2 is 1.79 bits per heavy atom. The summed E-state index contributed by atoms with van der Waals surface area (Å²) in [7, 11) is 4.45. The molecule has 200 valence electrons. The summed E-state index contributed by atoms with van der Waals surface area (Å²) in [6.45, 7) is 9.71. The van der Waals surface area contributed by atoms with Gasteiger partial charge in [0.15, 0.2) is 11.3 Å². The van der Waals surface area contributed by atoms with Crippen LogP contribution in [0, 0.1) is 12.3 Å². The van der Waals surface area contributed by atoms with Crippen molar-refractivity contribution < 1.29 is 23.9 Å². The molecular weight excluding hydrogens is 484 g/mol. The highest BCUT2D eigenvalue weighted by Crippen LogP contribution is 2.51. The summed E-state index contributed by atoms with van der Waals surface area (Å²) in [5.41, 5.74) is 1.96. The molecule has 1 unspecified atom stereocenters. The van der Waals surface area contributed by atoms with E-state index in [4.69, 9.17) is 4.74 Å². The number of imide groups is 1. The maximum absolute atomic E-state index is 14.4. The lowest BCUT2D eigenvalue weighted by molar-refractivity contribution is -0.130. The Bertz CT molecular complexity index is 1440. The molecule has 2 aromatic rings. The Labute approximate surface area is 222 Å². The third-order valence-electron chi connectivity index (χ3n) is 7.95. The van der Waals surface area contributed by atoms with Crippen LogP contribution in [0.3, 0.4) is 0 Å². The molecule has 2 aliphatic carbocycles. The van der Waals surface area contributed by atoms with Crippen LogP contribution in [0.4, 0.5) is 4.79 Å². The fourth-order valence-electron chi connectivity index (χ4n) is 6.07. The Kier molecular flexibility index (Phi) is 5.90. The van der Waals surface area contributed by atoms with Crippen molar-refractivity contribution in [2.75, 3.05) is 34.3 Å². The zero-order valence-electron chi connectivity index (χ0n) is 23.0. The van der Waals surface area contributed by atoms with Gasteiger partial charge in [-0.05, 0) is 48.1 Å². The molecule has 3 aliphatic rings. The fraction of sp³-hybridized carbons (Fsp3) is 0.448. The standard InChI is InChI=1S/C29H34N4O5/c1-15-8-9-18(38-7)17-12-29(26(36)32(5)27(37)33(29)6)22-21(19(15)17)25(35)23-20(24(22)34)16(13-31-23)10-11-30-14-28(2,3)4/h8-9,13,30-31H,10-12,14H2,1-7H3. The lowest BCUT2D eigenvalue weighted by Gasteiger charge is -2.42. The molecule has 3 amide bonds. The maximum Gasteiger partial charge on any atom is 0.327 e. The molecule has 9 nitrogen and oxygen atoms in total. The molecule has 0 bridgehead atoms. The van der Waals surface area contributed by atoms with Gasteiger partial charge in [0.2, 0.25) is 5.78 Å². The minimum Gasteiger partial charge on any atom is -0.496 e. The second-order valence-electron chi connectivity index (χ2n) is 11.6. The fourth-order valence-corrected chi connectivity index (χ4v) is 6.07. The van der Waals surface area contributed by atoms with Crippen molar-refractivity contribution in [3.63, 3.8) is 0 Å². The first-order valence-corrected chi connectivity index (χ1v) is 12.8. The van der Waals surface area contributed by atoms with Crippen LogP contribution in [-0.4, -0.2) is 78.1 Å². The first kappa shape index (κ1) is 25.9. The SMILES string of the molecule is COc1ccc(C)c2c1CC1(C(=O)N(C)C(=O)N1C)C1=C2C(=O)c2[nH]cc(CCNCC(C)(C)C)c2C1=O. The van der Waals surface area contributed by atoms with Crippen molar-refractivity contribution in [2.24, 2.45) is 5.41 Å². The number of H-pyrrole nitrogens is 1. The lowest BCUT2D eigenvalue weighted by atomic mass is 9.65. The number of benzene rings is 1. The molecule has 2 N–H and O–H groups in total. The van der Waals surface area contributed by atoms with E-state index in [1.54, 1.807) is 12.3 Å². The summed E-state index contributed by atoms with van der Waals surface area (Å²) >= 11 is 0. The van der Waals surface area contributed by atoms with E-state index < -0.39 is 23.3 Å². The van der Waals surface area contributed by atoms with Crippen LogP contribution in [0.2, 0.25) is 0 Å². The van der Waals surface area contributed by atoms with E-state index in [1.807, 2.05) is 13.0 Å². The molecule has 1 aromatic heterocycles. The normalized spacial score (nSPS) is 20.9. The number of nitrogens with zero attached hydrogens (tertiary/aromatic N) is 2. The lowest BCUT2D eigenvalue weighted by Crippen LogP contribution is -2.56. The van der Waals surface area contributed by atoms with Gasteiger partial charge in [-0.2, -0.15) is 0 Å². The summed E-state index contributed by atoms with van der Waals surface area (Å²) in [6.07, 6.45) is 2.28. The van der Waals surface area contributed by atoms with Gasteiger partial charge in [-0.1, -0.05) is 26.8 Å². The van der Waals surface area contributed by atoms with Gasteiger partial charge in [-0.3, -0.25) is 19.3 Å². The second-order valence-corrected chi connectivity index (χ2v) is 11.6. The monoisotopic (exact) mass is 518 g/mol. The molecular formula is C29H34N4O5. The average molecular weight is 519 g/mol. The number of methoxy groups -OCH3 is 1. The van der Waals surface area contributed by atoms with E-state index in [0.29, 0.717) is 35.4 Å². The quantitative estimate of drug-likeness (QED) is 0.465. The number of Topliss-reactive ketones (excluding diaryl/α,β-unsaturated/α-hetero) is 2. The van der Waals surface area contributed by atoms with E-state index in [0.717, 1.165) is 17.0 Å². The van der Waals surface area contributed by atoms with Crippen molar-refractivity contribution >= 4 is 29.1 Å². The number of aromatic nitrogens is 1. The number of hydrogen-bond acceptors (Lipinski definition) is 6. The number of fused-ring (bicyclic) bond motifs is 4. The smallest absolute Gasteiger partial charge is 0.327 e. The number of aryl methyl sites for hydroxylation is 1. The highest BCUT2D eigenvalue weighted by molar-refractivity contribution is 6.43. The number of nitrogens with one attached hydrogen (secondary N) is 2. The molecule has 1 aliphatic heterocycles. The van der Waals surface area contributed by atoms with E-state index in [1.165, 1.54) is 26.1 Å². The molecule has 9 heteroatoms. The Hall–Kier alpha value is -3.72. The maximum atomic E-state index is 14.4. The molecule has 5 rings (SSSR count). The number of rotatable bonds is 5. The predicted molar refractivity (Wildman–Crippen MR) is 142 cm³/mol. The molecule has 2 heterocycles.